The molecule has 0 fully saturated rings. The molecule has 2 aromatic rings. The van der Waals surface area contributed by atoms with Crippen molar-refractivity contribution in [3.63, 3.8) is 0 Å². The third kappa shape index (κ3) is 2.47. The Morgan fingerprint density at radius 2 is 1.70 bits per heavy atom. The molecule has 0 heterocycles. The lowest BCUT2D eigenvalue weighted by molar-refractivity contribution is 0.506. The van der Waals surface area contributed by atoms with Gasteiger partial charge in [0.15, 0.2) is 0 Å². The largest absolute Gasteiger partial charge is 0.0827 e. The number of rotatable bonds is 2. The first-order valence-corrected chi connectivity index (χ1v) is 8.00. The lowest BCUT2D eigenvalue weighted by Gasteiger charge is -2.31. The molecule has 0 nitrogen and oxygen atoms in total. The van der Waals surface area contributed by atoms with E-state index >= 15 is 0 Å². The molecule has 0 spiro atoms. The summed E-state index contributed by atoms with van der Waals surface area (Å²) >= 11 is 12.2. The fourth-order valence-electron chi connectivity index (χ4n) is 3.38. The first kappa shape index (κ1) is 14.0. The highest BCUT2D eigenvalue weighted by atomic mass is 35.5. The van der Waals surface area contributed by atoms with E-state index in [1.807, 2.05) is 12.1 Å². The second-order valence-corrected chi connectivity index (χ2v) is 6.35. The molecule has 0 aromatic heterocycles. The molecule has 1 aliphatic rings. The molecule has 2 heteroatoms. The lowest BCUT2D eigenvalue weighted by Crippen LogP contribution is -2.15. The molecule has 2 atom stereocenters. The van der Waals surface area contributed by atoms with Crippen LogP contribution in [0.3, 0.4) is 0 Å². The van der Waals surface area contributed by atoms with Gasteiger partial charge in [-0.2, -0.15) is 0 Å². The van der Waals surface area contributed by atoms with Crippen molar-refractivity contribution >= 4 is 23.2 Å². The summed E-state index contributed by atoms with van der Waals surface area (Å²) < 4.78 is 0. The molecule has 0 radical (unpaired) electrons. The summed E-state index contributed by atoms with van der Waals surface area (Å²) in [5, 5.41) is 1.28. The van der Waals surface area contributed by atoms with Crippen LogP contribution in [0.1, 0.15) is 54.7 Å². The van der Waals surface area contributed by atoms with E-state index in [1.54, 1.807) is 0 Å². The van der Waals surface area contributed by atoms with Crippen LogP contribution in [0.25, 0.3) is 0 Å². The summed E-state index contributed by atoms with van der Waals surface area (Å²) in [4.78, 5) is 0. The van der Waals surface area contributed by atoms with Gasteiger partial charge in [-0.25, -0.2) is 0 Å². The summed E-state index contributed by atoms with van der Waals surface area (Å²) in [5.41, 5.74) is 4.25. The molecule has 2 aromatic carbocycles. The molecular weight excluding hydrogens is 287 g/mol. The van der Waals surface area contributed by atoms with Crippen LogP contribution in [0, 0.1) is 0 Å². The van der Waals surface area contributed by atoms with Crippen molar-refractivity contribution in [3.05, 3.63) is 69.2 Å². The normalized spacial score (nSPS) is 21.6. The monoisotopic (exact) mass is 304 g/mol. The van der Waals surface area contributed by atoms with E-state index in [-0.39, 0.29) is 0 Å². The molecule has 0 saturated heterocycles. The SMILES string of the molecule is CC[C@@H]1CC[C@H](c2ccc(Cl)c(Cl)c2)c2ccccc21. The second kappa shape index (κ2) is 5.79. The highest BCUT2D eigenvalue weighted by Gasteiger charge is 2.27. The van der Waals surface area contributed by atoms with Gasteiger partial charge >= 0.3 is 0 Å². The van der Waals surface area contributed by atoms with E-state index in [4.69, 9.17) is 23.2 Å². The summed E-state index contributed by atoms with van der Waals surface area (Å²) in [6, 6.07) is 14.9. The molecule has 20 heavy (non-hydrogen) atoms. The summed E-state index contributed by atoms with van der Waals surface area (Å²) in [7, 11) is 0. The molecular formula is C18H18Cl2. The second-order valence-electron chi connectivity index (χ2n) is 5.54. The third-order valence-corrected chi connectivity index (χ3v) is 5.19. The quantitative estimate of drug-likeness (QED) is 0.601. The summed E-state index contributed by atoms with van der Waals surface area (Å²) in [6.45, 7) is 2.28. The van der Waals surface area contributed by atoms with Crippen molar-refractivity contribution in [1.82, 2.24) is 0 Å². The van der Waals surface area contributed by atoms with Crippen LogP contribution in [0.15, 0.2) is 42.5 Å². The minimum absolute atomic E-state index is 0.448. The van der Waals surface area contributed by atoms with Gasteiger partial charge in [0, 0.05) is 5.92 Å². The van der Waals surface area contributed by atoms with Crippen molar-refractivity contribution in [1.29, 1.82) is 0 Å². The van der Waals surface area contributed by atoms with Crippen molar-refractivity contribution in [3.8, 4) is 0 Å². The standard InChI is InChI=1S/C18H18Cl2/c1-2-12-7-9-15(16-6-4-3-5-14(12)16)13-8-10-17(19)18(20)11-13/h3-6,8,10-12,15H,2,7,9H2,1H3/t12-,15-/m1/s1. The van der Waals surface area contributed by atoms with Crippen LogP contribution in [-0.2, 0) is 0 Å². The van der Waals surface area contributed by atoms with Crippen LogP contribution >= 0.6 is 23.2 Å². The Bertz CT molecular complexity index is 619. The molecule has 0 saturated carbocycles. The van der Waals surface area contributed by atoms with Gasteiger partial charge in [0.05, 0.1) is 10.0 Å². The van der Waals surface area contributed by atoms with Crippen LogP contribution in [0.2, 0.25) is 10.0 Å². The van der Waals surface area contributed by atoms with E-state index in [0.29, 0.717) is 21.9 Å². The topological polar surface area (TPSA) is 0 Å². The first-order valence-electron chi connectivity index (χ1n) is 7.24. The molecule has 0 amide bonds. The first-order chi connectivity index (χ1) is 9.70. The Hall–Kier alpha value is -0.980. The van der Waals surface area contributed by atoms with Crippen LogP contribution in [0.5, 0.6) is 0 Å². The Balaban J connectivity index is 2.05. The van der Waals surface area contributed by atoms with Gasteiger partial charge in [-0.3, -0.25) is 0 Å². The van der Waals surface area contributed by atoms with Gasteiger partial charge in [0.2, 0.25) is 0 Å². The number of fused-ring (bicyclic) bond motifs is 1. The number of halogens is 2. The molecule has 0 bridgehead atoms. The van der Waals surface area contributed by atoms with Crippen molar-refractivity contribution in [2.75, 3.05) is 0 Å². The predicted molar refractivity (Wildman–Crippen MR) is 87.0 cm³/mol. The van der Waals surface area contributed by atoms with Crippen LogP contribution < -0.4 is 0 Å². The van der Waals surface area contributed by atoms with E-state index in [0.717, 1.165) is 0 Å². The average molecular weight is 305 g/mol. The Kier molecular flexibility index (Phi) is 4.05. The fraction of sp³-hybridized carbons (Fsp3) is 0.333. The summed E-state index contributed by atoms with van der Waals surface area (Å²) in [5.74, 6) is 1.15. The minimum Gasteiger partial charge on any atom is -0.0827 e. The number of hydrogen-bond acceptors (Lipinski definition) is 0. The van der Waals surface area contributed by atoms with Crippen LogP contribution in [-0.4, -0.2) is 0 Å². The van der Waals surface area contributed by atoms with Crippen LogP contribution in [0.4, 0.5) is 0 Å². The lowest BCUT2D eigenvalue weighted by atomic mass is 9.73. The highest BCUT2D eigenvalue weighted by molar-refractivity contribution is 6.42. The van der Waals surface area contributed by atoms with E-state index in [9.17, 15) is 0 Å². The fourth-order valence-corrected chi connectivity index (χ4v) is 3.68. The average Bonchev–Trinajstić information content (AvgIpc) is 2.49. The van der Waals surface area contributed by atoms with Gasteiger partial charge in [-0.15, -0.1) is 0 Å². The van der Waals surface area contributed by atoms with Gasteiger partial charge in [-0.1, -0.05) is 60.5 Å². The molecule has 3 rings (SSSR count). The third-order valence-electron chi connectivity index (χ3n) is 4.45. The highest BCUT2D eigenvalue weighted by Crippen LogP contribution is 2.44. The van der Waals surface area contributed by atoms with Gasteiger partial charge in [-0.05, 0) is 54.0 Å². The molecule has 0 N–H and O–H groups in total. The smallest absolute Gasteiger partial charge is 0.0595 e. The predicted octanol–water partition coefficient (Wildman–Crippen LogP) is 6.41. The molecule has 0 unspecified atom stereocenters. The molecule has 104 valence electrons. The molecule has 0 aliphatic heterocycles. The van der Waals surface area contributed by atoms with Gasteiger partial charge in [0.25, 0.3) is 0 Å². The Labute approximate surface area is 130 Å². The van der Waals surface area contributed by atoms with E-state index in [2.05, 4.69) is 37.3 Å². The van der Waals surface area contributed by atoms with E-state index < -0.39 is 0 Å². The molecule has 1 aliphatic carbocycles. The van der Waals surface area contributed by atoms with Crippen molar-refractivity contribution in [2.24, 2.45) is 0 Å². The maximum Gasteiger partial charge on any atom is 0.0595 e. The number of benzene rings is 2. The van der Waals surface area contributed by atoms with E-state index in [1.165, 1.54) is 36.0 Å². The summed E-state index contributed by atoms with van der Waals surface area (Å²) in [6.07, 6.45) is 3.65. The zero-order valence-corrected chi connectivity index (χ0v) is 13.1. The maximum atomic E-state index is 6.18. The van der Waals surface area contributed by atoms with Gasteiger partial charge in [0.1, 0.15) is 0 Å². The Morgan fingerprint density at radius 3 is 2.40 bits per heavy atom. The zero-order chi connectivity index (χ0) is 14.1. The van der Waals surface area contributed by atoms with Gasteiger partial charge < -0.3 is 0 Å². The Morgan fingerprint density at radius 1 is 0.950 bits per heavy atom. The minimum atomic E-state index is 0.448. The zero-order valence-electron chi connectivity index (χ0n) is 11.6. The van der Waals surface area contributed by atoms with Crippen molar-refractivity contribution < 1.29 is 0 Å². The maximum absolute atomic E-state index is 6.18. The van der Waals surface area contributed by atoms with Crippen molar-refractivity contribution in [2.45, 2.75) is 38.0 Å². The number of hydrogen-bond donors (Lipinski definition) is 0.